The Morgan fingerprint density at radius 2 is 2.05 bits per heavy atom. The predicted octanol–water partition coefficient (Wildman–Crippen LogP) is 1.34. The highest BCUT2D eigenvalue weighted by molar-refractivity contribution is 5.61. The van der Waals surface area contributed by atoms with E-state index in [0.717, 1.165) is 5.56 Å². The summed E-state index contributed by atoms with van der Waals surface area (Å²) >= 11 is 0. The van der Waals surface area contributed by atoms with Gasteiger partial charge in [0.25, 0.3) is 5.56 Å². The van der Waals surface area contributed by atoms with E-state index in [2.05, 4.69) is 11.1 Å². The molecule has 1 aliphatic rings. The molecule has 0 fully saturated rings. The van der Waals surface area contributed by atoms with Crippen LogP contribution < -0.4 is 11.3 Å². The quantitative estimate of drug-likeness (QED) is 0.827. The Bertz CT molecular complexity index is 768. The number of rotatable bonds is 1. The molecule has 1 aromatic carbocycles. The molecule has 0 saturated heterocycles. The molecule has 92 valence electrons. The van der Waals surface area contributed by atoms with Crippen molar-refractivity contribution in [1.82, 2.24) is 9.55 Å². The lowest BCUT2D eigenvalue weighted by Gasteiger charge is -2.15. The zero-order valence-corrected chi connectivity index (χ0v) is 9.95. The highest BCUT2D eigenvalue weighted by atomic mass is 16.1. The van der Waals surface area contributed by atoms with E-state index in [9.17, 15) is 10.1 Å². The molecule has 2 aromatic rings. The van der Waals surface area contributed by atoms with Crippen molar-refractivity contribution in [3.63, 3.8) is 0 Å². The van der Waals surface area contributed by atoms with E-state index >= 15 is 0 Å². The van der Waals surface area contributed by atoms with Gasteiger partial charge in [-0.15, -0.1) is 0 Å². The van der Waals surface area contributed by atoms with E-state index in [0.29, 0.717) is 11.4 Å². The number of nitrogen functional groups attached to an aromatic ring is 1. The number of aromatic nitrogens is 2. The first-order chi connectivity index (χ1) is 9.20. The number of nitriles is 1. The first-order valence-electron chi connectivity index (χ1n) is 5.76. The third-order valence-corrected chi connectivity index (χ3v) is 3.08. The van der Waals surface area contributed by atoms with Crippen molar-refractivity contribution in [1.29, 1.82) is 5.26 Å². The maximum Gasteiger partial charge on any atom is 0.256 e. The van der Waals surface area contributed by atoms with Crippen molar-refractivity contribution in [2.75, 3.05) is 5.73 Å². The molecule has 5 heteroatoms. The second-order valence-corrected chi connectivity index (χ2v) is 4.27. The molecule has 2 N–H and O–H groups in total. The lowest BCUT2D eigenvalue weighted by atomic mass is 10.0. The molecule has 1 atom stereocenters. The SMILES string of the molecule is N#CC1=Cc2nc(N)cc(=O)n2C1c1ccccc1. The van der Waals surface area contributed by atoms with E-state index < -0.39 is 6.04 Å². The van der Waals surface area contributed by atoms with Crippen LogP contribution in [0.4, 0.5) is 5.82 Å². The molecule has 0 amide bonds. The van der Waals surface area contributed by atoms with Gasteiger partial charge >= 0.3 is 0 Å². The Morgan fingerprint density at radius 3 is 2.74 bits per heavy atom. The number of nitrogens with zero attached hydrogens (tertiary/aromatic N) is 3. The van der Waals surface area contributed by atoms with Gasteiger partial charge in [0, 0.05) is 6.07 Å². The van der Waals surface area contributed by atoms with Crippen molar-refractivity contribution in [3.8, 4) is 6.07 Å². The smallest absolute Gasteiger partial charge is 0.256 e. The van der Waals surface area contributed by atoms with Gasteiger partial charge in [-0.1, -0.05) is 30.3 Å². The summed E-state index contributed by atoms with van der Waals surface area (Å²) in [5, 5.41) is 9.24. The van der Waals surface area contributed by atoms with Crippen molar-refractivity contribution < 1.29 is 0 Å². The maximum atomic E-state index is 12.1. The molecular formula is C14H10N4O. The summed E-state index contributed by atoms with van der Waals surface area (Å²) in [6.45, 7) is 0. The molecule has 1 aliphatic heterocycles. The Morgan fingerprint density at radius 1 is 1.32 bits per heavy atom. The van der Waals surface area contributed by atoms with Gasteiger partial charge < -0.3 is 5.73 Å². The average molecular weight is 250 g/mol. The Balaban J connectivity index is 2.26. The van der Waals surface area contributed by atoms with Crippen LogP contribution in [0.25, 0.3) is 6.08 Å². The van der Waals surface area contributed by atoms with E-state index in [-0.39, 0.29) is 11.4 Å². The monoisotopic (exact) mass is 250 g/mol. The third-order valence-electron chi connectivity index (χ3n) is 3.08. The molecule has 0 spiro atoms. The fourth-order valence-corrected chi connectivity index (χ4v) is 2.30. The van der Waals surface area contributed by atoms with Crippen molar-refractivity contribution in [2.24, 2.45) is 0 Å². The minimum absolute atomic E-state index is 0.165. The number of benzene rings is 1. The Labute approximate surface area is 109 Å². The van der Waals surface area contributed by atoms with E-state index in [4.69, 9.17) is 5.73 Å². The number of hydrogen-bond acceptors (Lipinski definition) is 4. The van der Waals surface area contributed by atoms with Crippen LogP contribution in [-0.4, -0.2) is 9.55 Å². The summed E-state index contributed by atoms with van der Waals surface area (Å²) in [6, 6.07) is 12.4. The molecule has 5 nitrogen and oxygen atoms in total. The van der Waals surface area contributed by atoms with Crippen LogP contribution in [0, 0.1) is 11.3 Å². The summed E-state index contributed by atoms with van der Waals surface area (Å²) in [6.07, 6.45) is 1.61. The second kappa shape index (κ2) is 4.10. The maximum absolute atomic E-state index is 12.1. The molecule has 0 bridgehead atoms. The van der Waals surface area contributed by atoms with Crippen molar-refractivity contribution in [3.05, 3.63) is 63.7 Å². The van der Waals surface area contributed by atoms with Gasteiger partial charge in [-0.05, 0) is 11.6 Å². The topological polar surface area (TPSA) is 84.7 Å². The number of anilines is 1. The summed E-state index contributed by atoms with van der Waals surface area (Å²) in [7, 11) is 0. The number of allylic oxidation sites excluding steroid dienone is 1. The summed E-state index contributed by atoms with van der Waals surface area (Å²) in [5.74, 6) is 0.592. The molecule has 1 unspecified atom stereocenters. The van der Waals surface area contributed by atoms with Crippen LogP contribution >= 0.6 is 0 Å². The van der Waals surface area contributed by atoms with Gasteiger partial charge in [0.1, 0.15) is 11.6 Å². The zero-order chi connectivity index (χ0) is 13.4. The summed E-state index contributed by atoms with van der Waals surface area (Å²) in [4.78, 5) is 16.2. The molecule has 0 radical (unpaired) electrons. The van der Waals surface area contributed by atoms with Crippen molar-refractivity contribution >= 4 is 11.9 Å². The van der Waals surface area contributed by atoms with Gasteiger partial charge in [-0.2, -0.15) is 5.26 Å². The fourth-order valence-electron chi connectivity index (χ4n) is 2.30. The fraction of sp³-hybridized carbons (Fsp3) is 0.0714. The van der Waals surface area contributed by atoms with Gasteiger partial charge in [0.2, 0.25) is 0 Å². The molecule has 0 saturated carbocycles. The molecular weight excluding hydrogens is 240 g/mol. The third kappa shape index (κ3) is 1.70. The highest BCUT2D eigenvalue weighted by Crippen LogP contribution is 2.32. The number of fused-ring (bicyclic) bond motifs is 1. The normalized spacial score (nSPS) is 16.6. The van der Waals surface area contributed by atoms with E-state index in [1.54, 1.807) is 6.08 Å². The first kappa shape index (κ1) is 11.2. The minimum atomic E-state index is -0.415. The minimum Gasteiger partial charge on any atom is -0.383 e. The van der Waals surface area contributed by atoms with Crippen LogP contribution in [0.2, 0.25) is 0 Å². The van der Waals surface area contributed by atoms with Crippen LogP contribution in [0.15, 0.2) is 46.8 Å². The molecule has 2 heterocycles. The Kier molecular flexibility index (Phi) is 2.43. The van der Waals surface area contributed by atoms with Crippen LogP contribution in [0.1, 0.15) is 17.4 Å². The zero-order valence-electron chi connectivity index (χ0n) is 9.95. The van der Waals surface area contributed by atoms with Gasteiger partial charge in [0.15, 0.2) is 0 Å². The molecule has 19 heavy (non-hydrogen) atoms. The summed E-state index contributed by atoms with van der Waals surface area (Å²) in [5.41, 5.74) is 6.68. The number of nitrogens with two attached hydrogens (primary N) is 1. The van der Waals surface area contributed by atoms with Gasteiger partial charge in [-0.3, -0.25) is 9.36 Å². The Hall–Kier alpha value is -2.87. The molecule has 3 rings (SSSR count). The standard InChI is InChI=1S/C14H10N4O/c15-8-10-6-12-17-11(16)7-13(19)18(12)14(10)9-4-2-1-3-5-9/h1-7,14H,16H2. The predicted molar refractivity (Wildman–Crippen MR) is 71.1 cm³/mol. The molecule has 0 aliphatic carbocycles. The van der Waals surface area contributed by atoms with Gasteiger partial charge in [0.05, 0.1) is 17.7 Å². The summed E-state index contributed by atoms with van der Waals surface area (Å²) < 4.78 is 1.49. The lowest BCUT2D eigenvalue weighted by Crippen LogP contribution is -2.26. The van der Waals surface area contributed by atoms with E-state index in [1.165, 1.54) is 10.6 Å². The first-order valence-corrected chi connectivity index (χ1v) is 5.76. The van der Waals surface area contributed by atoms with Gasteiger partial charge in [-0.25, -0.2) is 4.98 Å². The lowest BCUT2D eigenvalue weighted by molar-refractivity contribution is 0.656. The van der Waals surface area contributed by atoms with Crippen molar-refractivity contribution in [2.45, 2.75) is 6.04 Å². The van der Waals surface area contributed by atoms with Crippen LogP contribution in [0.3, 0.4) is 0 Å². The highest BCUT2D eigenvalue weighted by Gasteiger charge is 2.28. The second-order valence-electron chi connectivity index (χ2n) is 4.27. The van der Waals surface area contributed by atoms with E-state index in [1.807, 2.05) is 30.3 Å². The average Bonchev–Trinajstić information content (AvgIpc) is 2.78. The number of hydrogen-bond donors (Lipinski definition) is 1. The van der Waals surface area contributed by atoms with Crippen LogP contribution in [0.5, 0.6) is 0 Å². The van der Waals surface area contributed by atoms with Crippen LogP contribution in [-0.2, 0) is 0 Å². The largest absolute Gasteiger partial charge is 0.383 e. The molecule has 1 aromatic heterocycles.